The zero-order valence-electron chi connectivity index (χ0n) is 7.53. The van der Waals surface area contributed by atoms with Crippen LogP contribution in [0.25, 0.3) is 0 Å². The maximum Gasteiger partial charge on any atom is 0.335 e. The SMILES string of the molecule is Cc1ccc(C(=O)O)cc1C#CC#N. The Morgan fingerprint density at radius 3 is 2.79 bits per heavy atom. The molecule has 0 amide bonds. The molecule has 0 aromatic heterocycles. The van der Waals surface area contributed by atoms with Crippen LogP contribution in [0.1, 0.15) is 21.5 Å². The molecule has 0 saturated heterocycles. The van der Waals surface area contributed by atoms with E-state index in [2.05, 4.69) is 11.8 Å². The Balaban J connectivity index is 3.23. The zero-order valence-corrected chi connectivity index (χ0v) is 7.53. The van der Waals surface area contributed by atoms with Crippen LogP contribution in [0, 0.1) is 30.1 Å². The molecule has 3 nitrogen and oxygen atoms in total. The van der Waals surface area contributed by atoms with Crippen molar-refractivity contribution >= 4 is 5.97 Å². The number of nitrogens with zero attached hydrogens (tertiary/aromatic N) is 1. The molecule has 0 saturated carbocycles. The zero-order chi connectivity index (χ0) is 10.6. The highest BCUT2D eigenvalue weighted by molar-refractivity contribution is 5.88. The Bertz CT molecular complexity index is 472. The summed E-state index contributed by atoms with van der Waals surface area (Å²) in [5, 5.41) is 17.0. The van der Waals surface area contributed by atoms with Gasteiger partial charge in [0.25, 0.3) is 0 Å². The molecule has 0 heterocycles. The van der Waals surface area contributed by atoms with Gasteiger partial charge in [-0.25, -0.2) is 4.79 Å². The summed E-state index contributed by atoms with van der Waals surface area (Å²) in [6.45, 7) is 1.81. The van der Waals surface area contributed by atoms with Crippen LogP contribution in [0.3, 0.4) is 0 Å². The molecule has 0 unspecified atom stereocenters. The van der Waals surface area contributed by atoms with Crippen LogP contribution in [-0.2, 0) is 0 Å². The first-order valence-electron chi connectivity index (χ1n) is 3.89. The number of rotatable bonds is 1. The summed E-state index contributed by atoms with van der Waals surface area (Å²) in [5.74, 6) is 3.82. The van der Waals surface area contributed by atoms with Crippen molar-refractivity contribution in [1.29, 1.82) is 5.26 Å². The van der Waals surface area contributed by atoms with E-state index >= 15 is 0 Å². The molecular weight excluding hydrogens is 178 g/mol. The molecule has 0 aliphatic heterocycles. The molecule has 14 heavy (non-hydrogen) atoms. The molecule has 1 aromatic rings. The summed E-state index contributed by atoms with van der Waals surface area (Å²) in [4.78, 5) is 10.6. The molecule has 0 atom stereocenters. The Morgan fingerprint density at radius 1 is 1.50 bits per heavy atom. The van der Waals surface area contributed by atoms with E-state index in [4.69, 9.17) is 10.4 Å². The quantitative estimate of drug-likeness (QED) is 0.675. The van der Waals surface area contributed by atoms with Gasteiger partial charge in [0.15, 0.2) is 6.07 Å². The number of hydrogen-bond acceptors (Lipinski definition) is 2. The van der Waals surface area contributed by atoms with E-state index < -0.39 is 5.97 Å². The Hall–Kier alpha value is -2.26. The van der Waals surface area contributed by atoms with Crippen LogP contribution in [0.15, 0.2) is 18.2 Å². The van der Waals surface area contributed by atoms with E-state index in [-0.39, 0.29) is 5.56 Å². The summed E-state index contributed by atoms with van der Waals surface area (Å²) in [6, 6.07) is 6.32. The normalized spacial score (nSPS) is 8.29. The lowest BCUT2D eigenvalue weighted by Gasteiger charge is -1.99. The van der Waals surface area contributed by atoms with Crippen LogP contribution in [-0.4, -0.2) is 11.1 Å². The van der Waals surface area contributed by atoms with Crippen LogP contribution in [0.2, 0.25) is 0 Å². The number of carboxylic acids is 1. The second kappa shape index (κ2) is 4.11. The maximum absolute atomic E-state index is 10.6. The van der Waals surface area contributed by atoms with Gasteiger partial charge in [-0.3, -0.25) is 0 Å². The first-order valence-corrected chi connectivity index (χ1v) is 3.89. The van der Waals surface area contributed by atoms with Crippen molar-refractivity contribution in [3.63, 3.8) is 0 Å². The average Bonchev–Trinajstić information content (AvgIpc) is 2.16. The van der Waals surface area contributed by atoms with Gasteiger partial charge < -0.3 is 5.11 Å². The highest BCUT2D eigenvalue weighted by Gasteiger charge is 2.03. The maximum atomic E-state index is 10.6. The molecule has 1 aromatic carbocycles. The molecule has 0 radical (unpaired) electrons. The fourth-order valence-electron chi connectivity index (χ4n) is 0.985. The number of hydrogen-bond donors (Lipinski definition) is 1. The third kappa shape index (κ3) is 2.12. The second-order valence-electron chi connectivity index (χ2n) is 2.70. The van der Waals surface area contributed by atoms with Crippen molar-refractivity contribution in [2.45, 2.75) is 6.92 Å². The lowest BCUT2D eigenvalue weighted by Crippen LogP contribution is -1.97. The number of benzene rings is 1. The predicted molar refractivity (Wildman–Crippen MR) is 50.6 cm³/mol. The van der Waals surface area contributed by atoms with Crippen LogP contribution in [0.4, 0.5) is 0 Å². The average molecular weight is 185 g/mol. The minimum absolute atomic E-state index is 0.179. The molecule has 0 aliphatic carbocycles. The number of carbonyl (C=O) groups is 1. The van der Waals surface area contributed by atoms with Crippen molar-refractivity contribution in [1.82, 2.24) is 0 Å². The van der Waals surface area contributed by atoms with Gasteiger partial charge in [-0.2, -0.15) is 5.26 Å². The van der Waals surface area contributed by atoms with E-state index in [1.165, 1.54) is 12.1 Å². The van der Waals surface area contributed by atoms with Gasteiger partial charge in [0.05, 0.1) is 5.56 Å². The molecule has 68 valence electrons. The van der Waals surface area contributed by atoms with E-state index in [1.54, 1.807) is 12.1 Å². The molecule has 0 spiro atoms. The number of aryl methyl sites for hydroxylation is 1. The van der Waals surface area contributed by atoms with Crippen LogP contribution in [0.5, 0.6) is 0 Å². The third-order valence-corrected chi connectivity index (χ3v) is 1.74. The van der Waals surface area contributed by atoms with Gasteiger partial charge in [-0.05, 0) is 24.6 Å². The van der Waals surface area contributed by atoms with E-state index in [0.717, 1.165) is 5.56 Å². The molecule has 0 fully saturated rings. The molecular formula is C11H7NO2. The van der Waals surface area contributed by atoms with Crippen LogP contribution < -0.4 is 0 Å². The molecule has 1 N–H and O–H groups in total. The summed E-state index contributed by atoms with van der Waals surface area (Å²) < 4.78 is 0. The van der Waals surface area contributed by atoms with Gasteiger partial charge in [0, 0.05) is 11.5 Å². The monoisotopic (exact) mass is 185 g/mol. The van der Waals surface area contributed by atoms with Gasteiger partial charge in [0.1, 0.15) is 0 Å². The molecule has 0 aliphatic rings. The Morgan fingerprint density at radius 2 is 2.21 bits per heavy atom. The topological polar surface area (TPSA) is 61.1 Å². The highest BCUT2D eigenvalue weighted by atomic mass is 16.4. The van der Waals surface area contributed by atoms with Crippen molar-refractivity contribution in [3.8, 4) is 17.9 Å². The van der Waals surface area contributed by atoms with E-state index in [9.17, 15) is 4.79 Å². The van der Waals surface area contributed by atoms with E-state index in [0.29, 0.717) is 5.56 Å². The second-order valence-corrected chi connectivity index (χ2v) is 2.70. The van der Waals surface area contributed by atoms with Gasteiger partial charge in [-0.1, -0.05) is 12.0 Å². The lowest BCUT2D eigenvalue weighted by molar-refractivity contribution is 0.0697. The number of aromatic carboxylic acids is 1. The van der Waals surface area contributed by atoms with Crippen LogP contribution >= 0.6 is 0 Å². The summed E-state index contributed by atoms with van der Waals surface area (Å²) in [5.41, 5.74) is 1.61. The molecule has 1 rings (SSSR count). The Labute approximate surface area is 81.6 Å². The van der Waals surface area contributed by atoms with Crippen molar-refractivity contribution < 1.29 is 9.90 Å². The summed E-state index contributed by atoms with van der Waals surface area (Å²) in [7, 11) is 0. The van der Waals surface area contributed by atoms with Crippen molar-refractivity contribution in [2.75, 3.05) is 0 Å². The van der Waals surface area contributed by atoms with Crippen molar-refractivity contribution in [3.05, 3.63) is 34.9 Å². The predicted octanol–water partition coefficient (Wildman–Crippen LogP) is 1.57. The third-order valence-electron chi connectivity index (χ3n) is 1.74. The lowest BCUT2D eigenvalue weighted by atomic mass is 10.1. The smallest absolute Gasteiger partial charge is 0.335 e. The molecule has 3 heteroatoms. The Kier molecular flexibility index (Phi) is 2.89. The van der Waals surface area contributed by atoms with E-state index in [1.807, 2.05) is 6.92 Å². The fraction of sp³-hybridized carbons (Fsp3) is 0.0909. The highest BCUT2D eigenvalue weighted by Crippen LogP contribution is 2.09. The largest absolute Gasteiger partial charge is 0.478 e. The fourth-order valence-corrected chi connectivity index (χ4v) is 0.985. The van der Waals surface area contributed by atoms with Gasteiger partial charge in [-0.15, -0.1) is 0 Å². The van der Waals surface area contributed by atoms with Crippen molar-refractivity contribution in [2.24, 2.45) is 0 Å². The number of nitriles is 1. The first-order chi connectivity index (χ1) is 6.65. The molecule has 0 bridgehead atoms. The summed E-state index contributed by atoms with van der Waals surface area (Å²) in [6.07, 6.45) is 0. The number of carboxylic acid groups (broad SMARTS) is 1. The van der Waals surface area contributed by atoms with Gasteiger partial charge in [0.2, 0.25) is 0 Å². The summed E-state index contributed by atoms with van der Waals surface area (Å²) >= 11 is 0. The minimum Gasteiger partial charge on any atom is -0.478 e. The minimum atomic E-state index is -0.995. The first kappa shape index (κ1) is 9.83. The standard InChI is InChI=1S/C11H7NO2/c1-8-4-5-10(11(13)14)7-9(8)3-2-6-12/h4-5,7H,1H3,(H,13,14). The van der Waals surface area contributed by atoms with Gasteiger partial charge >= 0.3 is 5.97 Å².